The van der Waals surface area contributed by atoms with Crippen LogP contribution in [0.4, 0.5) is 0 Å². The summed E-state index contributed by atoms with van der Waals surface area (Å²) in [5.74, 6) is -0.000606. The van der Waals surface area contributed by atoms with E-state index in [2.05, 4.69) is 4.98 Å². The van der Waals surface area contributed by atoms with E-state index in [1.54, 1.807) is 12.1 Å². The summed E-state index contributed by atoms with van der Waals surface area (Å²) in [6.45, 7) is 7.30. The summed E-state index contributed by atoms with van der Waals surface area (Å²) in [4.78, 5) is 19.8. The van der Waals surface area contributed by atoms with Gasteiger partial charge in [0.1, 0.15) is 4.90 Å². The Bertz CT molecular complexity index is 1110. The number of thioether (sulfide) groups is 1. The monoisotopic (exact) mass is 497 g/mol. The Kier molecular flexibility index (Phi) is 9.27. The van der Waals surface area contributed by atoms with Crippen LogP contribution in [0.25, 0.3) is 0 Å². The third-order valence-electron chi connectivity index (χ3n) is 5.44. The van der Waals surface area contributed by atoms with E-state index in [1.807, 2.05) is 86.3 Å². The number of rotatable bonds is 11. The van der Waals surface area contributed by atoms with Crippen molar-refractivity contribution >= 4 is 27.7 Å². The second-order valence-electron chi connectivity index (χ2n) is 7.85. The third-order valence-corrected chi connectivity index (χ3v) is 8.51. The molecule has 0 spiro atoms. The number of benzene rings is 2. The molecule has 1 aromatic heterocycles. The van der Waals surface area contributed by atoms with Gasteiger partial charge < -0.3 is 4.90 Å². The van der Waals surface area contributed by atoms with Crippen molar-refractivity contribution in [3.8, 4) is 0 Å². The summed E-state index contributed by atoms with van der Waals surface area (Å²) in [5, 5.41) is 0.226. The Labute approximate surface area is 207 Å². The summed E-state index contributed by atoms with van der Waals surface area (Å²) in [6, 6.07) is 23.1. The van der Waals surface area contributed by atoms with Gasteiger partial charge in [-0.3, -0.25) is 4.79 Å². The number of aromatic nitrogens is 1. The van der Waals surface area contributed by atoms with Gasteiger partial charge in [0.25, 0.3) is 0 Å². The van der Waals surface area contributed by atoms with Crippen molar-refractivity contribution in [1.29, 1.82) is 0 Å². The van der Waals surface area contributed by atoms with Crippen molar-refractivity contribution in [3.63, 3.8) is 0 Å². The van der Waals surface area contributed by atoms with Crippen molar-refractivity contribution in [2.45, 2.75) is 49.0 Å². The number of nitrogens with zero attached hydrogens (tertiary/aromatic N) is 3. The van der Waals surface area contributed by atoms with E-state index in [0.717, 1.165) is 11.1 Å². The first-order valence-electron chi connectivity index (χ1n) is 11.3. The third kappa shape index (κ3) is 6.68. The number of pyridine rings is 1. The van der Waals surface area contributed by atoms with Gasteiger partial charge in [-0.15, -0.1) is 0 Å². The van der Waals surface area contributed by atoms with Gasteiger partial charge in [-0.25, -0.2) is 13.4 Å². The van der Waals surface area contributed by atoms with Crippen LogP contribution in [-0.2, 0) is 27.9 Å². The molecule has 0 saturated carbocycles. The van der Waals surface area contributed by atoms with E-state index < -0.39 is 10.0 Å². The van der Waals surface area contributed by atoms with E-state index in [0.29, 0.717) is 31.2 Å². The topological polar surface area (TPSA) is 70.6 Å². The highest BCUT2D eigenvalue weighted by atomic mass is 32.2. The zero-order valence-electron chi connectivity index (χ0n) is 19.8. The van der Waals surface area contributed by atoms with Gasteiger partial charge in [-0.2, -0.15) is 4.31 Å². The fourth-order valence-corrected chi connectivity index (χ4v) is 5.89. The molecule has 3 rings (SSSR count). The van der Waals surface area contributed by atoms with Gasteiger partial charge in [-0.05, 0) is 30.2 Å². The molecule has 34 heavy (non-hydrogen) atoms. The predicted molar refractivity (Wildman–Crippen MR) is 137 cm³/mol. The van der Waals surface area contributed by atoms with E-state index in [-0.39, 0.29) is 16.1 Å². The van der Waals surface area contributed by atoms with Crippen molar-refractivity contribution in [2.75, 3.05) is 13.1 Å². The molecule has 8 heteroatoms. The molecule has 0 bridgehead atoms. The second-order valence-corrected chi connectivity index (χ2v) is 11.1. The lowest BCUT2D eigenvalue weighted by atomic mass is 10.1. The van der Waals surface area contributed by atoms with Crippen molar-refractivity contribution in [3.05, 3.63) is 90.1 Å². The minimum atomic E-state index is -3.56. The highest BCUT2D eigenvalue weighted by Gasteiger charge is 2.24. The lowest BCUT2D eigenvalue weighted by Crippen LogP contribution is -2.35. The highest BCUT2D eigenvalue weighted by molar-refractivity contribution is 8.00. The van der Waals surface area contributed by atoms with Crippen LogP contribution in [0, 0.1) is 0 Å². The number of carbonyl (C=O) groups excluding carboxylic acids is 1. The zero-order chi connectivity index (χ0) is 24.6. The molecule has 1 heterocycles. The molecule has 6 nitrogen and oxygen atoms in total. The van der Waals surface area contributed by atoms with Gasteiger partial charge in [0.2, 0.25) is 15.9 Å². The number of amides is 1. The smallest absolute Gasteiger partial charge is 0.244 e. The first kappa shape index (κ1) is 25.9. The maximum Gasteiger partial charge on any atom is 0.244 e. The quantitative estimate of drug-likeness (QED) is 0.355. The Morgan fingerprint density at radius 3 is 1.85 bits per heavy atom. The molecule has 0 radical (unpaired) electrons. The second kappa shape index (κ2) is 12.1. The first-order valence-corrected chi connectivity index (χ1v) is 13.7. The Morgan fingerprint density at radius 1 is 0.882 bits per heavy atom. The molecule has 180 valence electrons. The molecular formula is C26H31N3O3S2. The van der Waals surface area contributed by atoms with Crippen LogP contribution in [0.15, 0.2) is 88.9 Å². The van der Waals surface area contributed by atoms with E-state index in [9.17, 15) is 13.2 Å². The molecular weight excluding hydrogens is 466 g/mol. The zero-order valence-corrected chi connectivity index (χ0v) is 21.4. The van der Waals surface area contributed by atoms with Crippen LogP contribution < -0.4 is 0 Å². The average Bonchev–Trinajstić information content (AvgIpc) is 2.85. The van der Waals surface area contributed by atoms with Gasteiger partial charge in [0.05, 0.1) is 10.3 Å². The molecule has 0 aliphatic carbocycles. The van der Waals surface area contributed by atoms with E-state index in [1.165, 1.54) is 22.3 Å². The van der Waals surface area contributed by atoms with E-state index in [4.69, 9.17) is 0 Å². The molecule has 0 aliphatic rings. The van der Waals surface area contributed by atoms with Crippen LogP contribution in [0.5, 0.6) is 0 Å². The molecule has 0 saturated heterocycles. The van der Waals surface area contributed by atoms with Gasteiger partial charge in [0, 0.05) is 32.4 Å². The lowest BCUT2D eigenvalue weighted by molar-refractivity contribution is -0.131. The van der Waals surface area contributed by atoms with E-state index >= 15 is 0 Å². The SMILES string of the molecule is CCN(CC)S(=O)(=O)c1ccc(SC(C)C(=O)N(Cc2ccccc2)Cc2ccccc2)nc1. The van der Waals surface area contributed by atoms with Crippen LogP contribution in [0.1, 0.15) is 31.9 Å². The van der Waals surface area contributed by atoms with Crippen molar-refractivity contribution < 1.29 is 13.2 Å². The number of sulfonamides is 1. The lowest BCUT2D eigenvalue weighted by Gasteiger charge is -2.26. The fourth-order valence-electron chi connectivity index (χ4n) is 3.61. The largest absolute Gasteiger partial charge is 0.333 e. The van der Waals surface area contributed by atoms with Crippen LogP contribution in [0.2, 0.25) is 0 Å². The Morgan fingerprint density at radius 2 is 1.41 bits per heavy atom. The summed E-state index contributed by atoms with van der Waals surface area (Å²) in [7, 11) is -3.56. The predicted octanol–water partition coefficient (Wildman–Crippen LogP) is 4.82. The van der Waals surface area contributed by atoms with Gasteiger partial charge >= 0.3 is 0 Å². The number of carbonyl (C=O) groups is 1. The molecule has 0 fully saturated rings. The molecule has 1 amide bonds. The average molecular weight is 498 g/mol. The first-order chi connectivity index (χ1) is 16.3. The van der Waals surface area contributed by atoms with Crippen LogP contribution >= 0.6 is 11.8 Å². The number of hydrogen-bond acceptors (Lipinski definition) is 5. The minimum Gasteiger partial charge on any atom is -0.333 e. The van der Waals surface area contributed by atoms with Gasteiger partial charge in [0.15, 0.2) is 0 Å². The van der Waals surface area contributed by atoms with Gasteiger partial charge in [-0.1, -0.05) is 86.3 Å². The standard InChI is InChI=1S/C26H31N3O3S2/c1-4-29(5-2)34(31,32)24-16-17-25(27-18-24)33-21(3)26(30)28(19-22-12-8-6-9-13-22)20-23-14-10-7-11-15-23/h6-18,21H,4-5,19-20H2,1-3H3. The van der Waals surface area contributed by atoms with Crippen LogP contribution in [0.3, 0.4) is 0 Å². The molecule has 0 aliphatic heterocycles. The molecule has 1 atom stereocenters. The minimum absolute atomic E-state index is 0.000606. The summed E-state index contributed by atoms with van der Waals surface area (Å²) in [5.41, 5.74) is 2.13. The van der Waals surface area contributed by atoms with Crippen molar-refractivity contribution in [1.82, 2.24) is 14.2 Å². The van der Waals surface area contributed by atoms with Crippen LogP contribution in [-0.4, -0.2) is 46.9 Å². The summed E-state index contributed by atoms with van der Waals surface area (Å²) in [6.07, 6.45) is 1.37. The highest BCUT2D eigenvalue weighted by Crippen LogP contribution is 2.25. The molecule has 2 aromatic carbocycles. The molecule has 0 N–H and O–H groups in total. The Balaban J connectivity index is 1.74. The summed E-state index contributed by atoms with van der Waals surface area (Å²) >= 11 is 1.33. The maximum atomic E-state index is 13.4. The van der Waals surface area contributed by atoms with Crippen molar-refractivity contribution in [2.24, 2.45) is 0 Å². The summed E-state index contributed by atoms with van der Waals surface area (Å²) < 4.78 is 26.8. The maximum absolute atomic E-state index is 13.4. The number of hydrogen-bond donors (Lipinski definition) is 0. The fraction of sp³-hybridized carbons (Fsp3) is 0.308. The molecule has 1 unspecified atom stereocenters. The normalized spacial score (nSPS) is 12.5. The Hall–Kier alpha value is -2.68. The molecule has 3 aromatic rings.